The molecule has 1 aliphatic rings. The fourth-order valence-corrected chi connectivity index (χ4v) is 5.24. The van der Waals surface area contributed by atoms with Gasteiger partial charge in [0.2, 0.25) is 5.82 Å². The van der Waals surface area contributed by atoms with Crippen LogP contribution in [0.1, 0.15) is 17.2 Å². The lowest BCUT2D eigenvalue weighted by atomic mass is 9.99. The van der Waals surface area contributed by atoms with Gasteiger partial charge in [0.15, 0.2) is 0 Å². The number of pyridine rings is 1. The second kappa shape index (κ2) is 8.38. The first kappa shape index (κ1) is 21.3. The molecule has 0 unspecified atom stereocenters. The molecule has 0 saturated carbocycles. The molecule has 0 atom stereocenters. The minimum absolute atomic E-state index is 0.427. The number of anilines is 1. The number of aromatic amines is 2. The zero-order chi connectivity index (χ0) is 25.8. The minimum Gasteiger partial charge on any atom is -0.338 e. The van der Waals surface area contributed by atoms with Crippen LogP contribution in [0.2, 0.25) is 0 Å². The lowest BCUT2D eigenvalue weighted by Crippen LogP contribution is -2.39. The maximum Gasteiger partial charge on any atom is 0.200 e. The number of para-hydroxylation sites is 2. The number of fused-ring (bicyclic) bond motifs is 3. The quantitative estimate of drug-likeness (QED) is 0.315. The Labute approximate surface area is 221 Å². The zero-order valence-corrected chi connectivity index (χ0v) is 20.4. The highest BCUT2D eigenvalue weighted by molar-refractivity contribution is 6.37. The first-order valence-corrected chi connectivity index (χ1v) is 12.5. The van der Waals surface area contributed by atoms with Crippen molar-refractivity contribution in [3.05, 3.63) is 121 Å². The molecular formula is C29H20N10. The van der Waals surface area contributed by atoms with Crippen LogP contribution in [0.3, 0.4) is 0 Å². The Morgan fingerprint density at radius 3 is 2.54 bits per heavy atom. The van der Waals surface area contributed by atoms with Crippen molar-refractivity contribution >= 4 is 50.0 Å². The number of aromatic nitrogens is 7. The van der Waals surface area contributed by atoms with Crippen molar-refractivity contribution in [2.45, 2.75) is 0 Å². The van der Waals surface area contributed by atoms with E-state index < -0.39 is 0 Å². The summed E-state index contributed by atoms with van der Waals surface area (Å²) in [6.07, 6.45) is 4.09. The number of H-pyrrole nitrogens is 2. The number of nitrogens with one attached hydrogen (secondary N) is 3. The lowest BCUT2D eigenvalue weighted by Gasteiger charge is -2.33. The largest absolute Gasteiger partial charge is 0.338 e. The van der Waals surface area contributed by atoms with Gasteiger partial charge in [-0.1, -0.05) is 54.6 Å². The van der Waals surface area contributed by atoms with E-state index in [-0.39, 0.29) is 0 Å². The summed E-state index contributed by atoms with van der Waals surface area (Å²) >= 11 is 0. The van der Waals surface area contributed by atoms with Gasteiger partial charge in [-0.05, 0) is 52.2 Å². The molecule has 5 heterocycles. The number of hydrazine groups is 1. The number of allylic oxidation sites excluding steroid dienone is 1. The summed E-state index contributed by atoms with van der Waals surface area (Å²) in [6, 6.07) is 30.8. The van der Waals surface area contributed by atoms with E-state index in [4.69, 9.17) is 10.1 Å². The Bertz CT molecular complexity index is 2020. The standard InChI is InChI=1S/C29H20N10/c1-2-10-19-18(8-1)9-7-14-24(19)39-27(20-15-17-38-16-6-5-13-23(20)38)25(26(32-37-39)29-33-35-36-34-29)28-30-21-11-3-4-12-22(21)31-28/h1-17,37H,(H,30,31)(H,33,34,35,36). The number of benzene rings is 3. The molecule has 0 amide bonds. The fraction of sp³-hybridized carbons (Fsp3) is 0. The van der Waals surface area contributed by atoms with Gasteiger partial charge in [0, 0.05) is 23.3 Å². The Morgan fingerprint density at radius 1 is 0.744 bits per heavy atom. The van der Waals surface area contributed by atoms with E-state index in [1.807, 2.05) is 59.7 Å². The van der Waals surface area contributed by atoms with E-state index in [0.29, 0.717) is 17.4 Å². The number of hydrogen-bond donors (Lipinski definition) is 3. The van der Waals surface area contributed by atoms with Crippen LogP contribution in [0.15, 0.2) is 108 Å². The molecule has 3 N–H and O–H groups in total. The summed E-state index contributed by atoms with van der Waals surface area (Å²) in [5.74, 6) is 1.08. The molecule has 0 radical (unpaired) electrons. The average Bonchev–Trinajstić information content (AvgIpc) is 3.76. The third-order valence-corrected chi connectivity index (χ3v) is 6.99. The van der Waals surface area contributed by atoms with E-state index in [1.165, 1.54) is 0 Å². The summed E-state index contributed by atoms with van der Waals surface area (Å²) in [5, 5.41) is 23.8. The lowest BCUT2D eigenvalue weighted by molar-refractivity contribution is 0.760. The van der Waals surface area contributed by atoms with Crippen LogP contribution in [0.4, 0.5) is 5.69 Å². The van der Waals surface area contributed by atoms with E-state index >= 15 is 0 Å². The molecule has 3 aromatic carbocycles. The molecule has 186 valence electrons. The average molecular weight is 509 g/mol. The van der Waals surface area contributed by atoms with Gasteiger partial charge in [0.1, 0.15) is 11.5 Å². The number of hydrogen-bond acceptors (Lipinski definition) is 7. The molecule has 10 heteroatoms. The zero-order valence-electron chi connectivity index (χ0n) is 20.4. The van der Waals surface area contributed by atoms with E-state index in [1.54, 1.807) is 0 Å². The van der Waals surface area contributed by atoms with Gasteiger partial charge < -0.3 is 9.38 Å². The highest BCUT2D eigenvalue weighted by atomic mass is 15.7. The Morgan fingerprint density at radius 2 is 1.62 bits per heavy atom. The summed E-state index contributed by atoms with van der Waals surface area (Å²) in [7, 11) is 0. The van der Waals surface area contributed by atoms with Crippen LogP contribution in [0, 0.1) is 0 Å². The predicted molar refractivity (Wildman–Crippen MR) is 151 cm³/mol. The molecule has 0 bridgehead atoms. The number of rotatable bonds is 4. The molecular weight excluding hydrogens is 488 g/mol. The third-order valence-electron chi connectivity index (χ3n) is 6.99. The summed E-state index contributed by atoms with van der Waals surface area (Å²) < 4.78 is 2.10. The molecule has 7 aromatic rings. The van der Waals surface area contributed by atoms with Crippen molar-refractivity contribution in [2.75, 3.05) is 5.01 Å². The summed E-state index contributed by atoms with van der Waals surface area (Å²) in [5.41, 5.74) is 10.2. The van der Waals surface area contributed by atoms with Crippen molar-refractivity contribution < 1.29 is 0 Å². The van der Waals surface area contributed by atoms with Gasteiger partial charge in [-0.3, -0.25) is 0 Å². The van der Waals surface area contributed by atoms with Crippen molar-refractivity contribution in [2.24, 2.45) is 5.10 Å². The highest BCUT2D eigenvalue weighted by Crippen LogP contribution is 2.40. The van der Waals surface area contributed by atoms with Crippen LogP contribution < -0.4 is 10.5 Å². The molecule has 39 heavy (non-hydrogen) atoms. The normalized spacial score (nSPS) is 13.8. The topological polar surface area (TPSA) is 115 Å². The monoisotopic (exact) mass is 508 g/mol. The van der Waals surface area contributed by atoms with E-state index in [0.717, 1.165) is 49.8 Å². The first-order valence-electron chi connectivity index (χ1n) is 12.5. The van der Waals surface area contributed by atoms with Gasteiger partial charge >= 0.3 is 0 Å². The van der Waals surface area contributed by atoms with Gasteiger partial charge in [-0.2, -0.15) is 5.10 Å². The molecule has 4 aromatic heterocycles. The maximum absolute atomic E-state index is 4.99. The highest BCUT2D eigenvalue weighted by Gasteiger charge is 2.33. The molecule has 1 aliphatic heterocycles. The molecule has 0 saturated heterocycles. The molecule has 0 fully saturated rings. The minimum atomic E-state index is 0.427. The number of tetrazole rings is 1. The van der Waals surface area contributed by atoms with E-state index in [9.17, 15) is 0 Å². The smallest absolute Gasteiger partial charge is 0.200 e. The van der Waals surface area contributed by atoms with Crippen molar-refractivity contribution in [3.8, 4) is 0 Å². The molecule has 8 rings (SSSR count). The van der Waals surface area contributed by atoms with Crippen LogP contribution in [0.5, 0.6) is 0 Å². The van der Waals surface area contributed by atoms with Crippen molar-refractivity contribution in [3.63, 3.8) is 0 Å². The number of imidazole rings is 1. The fourth-order valence-electron chi connectivity index (χ4n) is 5.24. The van der Waals surface area contributed by atoms with Crippen LogP contribution in [-0.4, -0.2) is 40.7 Å². The van der Waals surface area contributed by atoms with Crippen molar-refractivity contribution in [1.82, 2.24) is 40.5 Å². The predicted octanol–water partition coefficient (Wildman–Crippen LogP) is 4.78. The number of nitrogens with zero attached hydrogens (tertiary/aromatic N) is 7. The van der Waals surface area contributed by atoms with Gasteiger partial charge in [0.05, 0.1) is 33.5 Å². The second-order valence-corrected chi connectivity index (χ2v) is 9.19. The molecule has 0 spiro atoms. The molecule has 0 aliphatic carbocycles. The van der Waals surface area contributed by atoms with Crippen LogP contribution >= 0.6 is 0 Å². The maximum atomic E-state index is 4.99. The first-order chi connectivity index (χ1) is 19.3. The number of hydrazone groups is 1. The Balaban J connectivity index is 1.49. The Hall–Kier alpha value is -5.77. The SMILES string of the molecule is c1ccc2c(N3NN=C(c4nnn[nH]4)C(c4nc5ccccc5[nH]4)=C3c3ccn4ccccc34)cccc2c1. The third kappa shape index (κ3) is 3.32. The van der Waals surface area contributed by atoms with Gasteiger partial charge in [-0.25, -0.2) is 20.6 Å². The Kier molecular flexibility index (Phi) is 4.59. The van der Waals surface area contributed by atoms with Gasteiger partial charge in [-0.15, -0.1) is 5.10 Å². The van der Waals surface area contributed by atoms with E-state index in [2.05, 4.69) is 84.2 Å². The second-order valence-electron chi connectivity index (χ2n) is 9.19. The van der Waals surface area contributed by atoms with Gasteiger partial charge in [0.25, 0.3) is 0 Å². The summed E-state index contributed by atoms with van der Waals surface area (Å²) in [6.45, 7) is 0. The molecule has 10 nitrogen and oxygen atoms in total. The summed E-state index contributed by atoms with van der Waals surface area (Å²) in [4.78, 5) is 8.50. The van der Waals surface area contributed by atoms with Crippen LogP contribution in [0.25, 0.3) is 38.6 Å². The van der Waals surface area contributed by atoms with Crippen molar-refractivity contribution in [1.29, 1.82) is 0 Å². The van der Waals surface area contributed by atoms with Crippen LogP contribution in [-0.2, 0) is 0 Å².